The third-order valence-corrected chi connectivity index (χ3v) is 3.97. The summed E-state index contributed by atoms with van der Waals surface area (Å²) in [7, 11) is 1.98. The van der Waals surface area contributed by atoms with E-state index in [0.29, 0.717) is 23.1 Å². The van der Waals surface area contributed by atoms with E-state index in [9.17, 15) is 9.90 Å². The van der Waals surface area contributed by atoms with Gasteiger partial charge in [0.1, 0.15) is 11.3 Å². The fourth-order valence-corrected chi connectivity index (χ4v) is 3.00. The predicted molar refractivity (Wildman–Crippen MR) is 78.2 cm³/mol. The van der Waals surface area contributed by atoms with Gasteiger partial charge in [-0.05, 0) is 43.1 Å². The molecular weight excluding hydrogens is 254 g/mol. The lowest BCUT2D eigenvalue weighted by atomic mass is 9.96. The molecule has 0 fully saturated rings. The van der Waals surface area contributed by atoms with Crippen molar-refractivity contribution in [3.8, 4) is 5.75 Å². The summed E-state index contributed by atoms with van der Waals surface area (Å²) < 4.78 is 5.43. The molecule has 2 aromatic rings. The Hall–Kier alpha value is -1.81. The Morgan fingerprint density at radius 2 is 2.15 bits per heavy atom. The number of nitrogens with zero attached hydrogens (tertiary/aromatic N) is 1. The summed E-state index contributed by atoms with van der Waals surface area (Å²) in [6, 6.07) is 3.68. The van der Waals surface area contributed by atoms with E-state index in [0.717, 1.165) is 36.9 Å². The zero-order valence-corrected chi connectivity index (χ0v) is 11.9. The number of phenols is 1. The number of aromatic hydroxyl groups is 1. The van der Waals surface area contributed by atoms with Crippen LogP contribution in [0, 0.1) is 0 Å². The Labute approximate surface area is 117 Å². The first-order valence-corrected chi connectivity index (χ1v) is 7.09. The summed E-state index contributed by atoms with van der Waals surface area (Å²) in [5.41, 5.74) is 2.89. The van der Waals surface area contributed by atoms with Crippen molar-refractivity contribution in [2.45, 2.75) is 32.7 Å². The third-order valence-electron chi connectivity index (χ3n) is 3.97. The molecular formula is C16H19NO3. The van der Waals surface area contributed by atoms with Gasteiger partial charge in [-0.2, -0.15) is 0 Å². The smallest absolute Gasteiger partial charge is 0.341 e. The van der Waals surface area contributed by atoms with Crippen LogP contribution in [0.2, 0.25) is 0 Å². The van der Waals surface area contributed by atoms with Gasteiger partial charge >= 0.3 is 5.63 Å². The average molecular weight is 273 g/mol. The van der Waals surface area contributed by atoms with Crippen LogP contribution in [-0.4, -0.2) is 23.6 Å². The number of likely N-dealkylation sites (N-methyl/N-ethyl adjacent to an activating group) is 1. The zero-order valence-electron chi connectivity index (χ0n) is 11.9. The van der Waals surface area contributed by atoms with Crippen LogP contribution in [0.5, 0.6) is 5.75 Å². The van der Waals surface area contributed by atoms with Gasteiger partial charge in [-0.3, -0.25) is 0 Å². The molecule has 1 aliphatic rings. The largest absolute Gasteiger partial charge is 0.507 e. The first-order valence-electron chi connectivity index (χ1n) is 7.09. The molecule has 0 saturated heterocycles. The van der Waals surface area contributed by atoms with E-state index in [1.54, 1.807) is 6.07 Å². The number of hydrogen-bond donors (Lipinski definition) is 1. The van der Waals surface area contributed by atoms with E-state index in [4.69, 9.17) is 4.42 Å². The summed E-state index contributed by atoms with van der Waals surface area (Å²) in [4.78, 5) is 14.2. The van der Waals surface area contributed by atoms with Crippen LogP contribution in [0.4, 0.5) is 0 Å². The predicted octanol–water partition coefficient (Wildman–Crippen LogP) is 2.44. The van der Waals surface area contributed by atoms with Crippen LogP contribution in [0.15, 0.2) is 21.3 Å². The number of fused-ring (bicyclic) bond motifs is 3. The molecule has 0 saturated carbocycles. The number of rotatable bonds is 2. The molecule has 4 nitrogen and oxygen atoms in total. The standard InChI is InChI=1S/C16H19NO3/c1-3-4-10-7-13(18)15-11-5-6-17(2)9-12(11)16(19)20-14(15)8-10/h7-8,18H,3-6,9H2,1-2H3. The van der Waals surface area contributed by atoms with Gasteiger partial charge < -0.3 is 14.4 Å². The topological polar surface area (TPSA) is 53.7 Å². The Morgan fingerprint density at radius 3 is 2.90 bits per heavy atom. The molecule has 1 aromatic carbocycles. The van der Waals surface area contributed by atoms with E-state index in [1.165, 1.54) is 0 Å². The lowest BCUT2D eigenvalue weighted by molar-refractivity contribution is 0.306. The van der Waals surface area contributed by atoms with Crippen LogP contribution < -0.4 is 5.63 Å². The van der Waals surface area contributed by atoms with Gasteiger partial charge in [0.05, 0.1) is 10.9 Å². The average Bonchev–Trinajstić information content (AvgIpc) is 2.39. The highest BCUT2D eigenvalue weighted by Crippen LogP contribution is 2.33. The summed E-state index contributed by atoms with van der Waals surface area (Å²) in [6.07, 6.45) is 2.63. The second-order valence-corrected chi connectivity index (χ2v) is 5.57. The number of aryl methyl sites for hydroxylation is 1. The van der Waals surface area contributed by atoms with Gasteiger partial charge in [-0.15, -0.1) is 0 Å². The first-order chi connectivity index (χ1) is 9.60. The number of phenolic OH excluding ortho intramolecular Hbond substituents is 1. The molecule has 0 amide bonds. The molecule has 1 N–H and O–H groups in total. The molecule has 1 aromatic heterocycles. The Balaban J connectivity index is 2.28. The van der Waals surface area contributed by atoms with E-state index in [2.05, 4.69) is 11.8 Å². The van der Waals surface area contributed by atoms with Crippen LogP contribution >= 0.6 is 0 Å². The number of hydrogen-bond acceptors (Lipinski definition) is 4. The van der Waals surface area contributed by atoms with Gasteiger partial charge in [-0.1, -0.05) is 13.3 Å². The highest BCUT2D eigenvalue weighted by molar-refractivity contribution is 5.88. The highest BCUT2D eigenvalue weighted by atomic mass is 16.4. The molecule has 0 atom stereocenters. The van der Waals surface area contributed by atoms with Crippen molar-refractivity contribution in [3.05, 3.63) is 39.2 Å². The van der Waals surface area contributed by atoms with E-state index < -0.39 is 0 Å². The number of benzene rings is 1. The van der Waals surface area contributed by atoms with E-state index in [1.807, 2.05) is 13.1 Å². The van der Waals surface area contributed by atoms with Crippen molar-refractivity contribution in [2.75, 3.05) is 13.6 Å². The molecule has 0 radical (unpaired) electrons. The minimum Gasteiger partial charge on any atom is -0.507 e. The van der Waals surface area contributed by atoms with Crippen LogP contribution in [0.3, 0.4) is 0 Å². The lowest BCUT2D eigenvalue weighted by Crippen LogP contribution is -2.31. The summed E-state index contributed by atoms with van der Waals surface area (Å²) in [5, 5.41) is 11.0. The quantitative estimate of drug-likeness (QED) is 0.854. The molecule has 0 spiro atoms. The van der Waals surface area contributed by atoms with Crippen LogP contribution in [0.25, 0.3) is 11.0 Å². The molecule has 0 aliphatic carbocycles. The Bertz CT molecular complexity index is 718. The Morgan fingerprint density at radius 1 is 1.35 bits per heavy atom. The zero-order chi connectivity index (χ0) is 14.3. The summed E-state index contributed by atoms with van der Waals surface area (Å²) in [5.74, 6) is 0.232. The highest BCUT2D eigenvalue weighted by Gasteiger charge is 2.22. The second kappa shape index (κ2) is 4.94. The lowest BCUT2D eigenvalue weighted by Gasteiger charge is -2.24. The molecule has 20 heavy (non-hydrogen) atoms. The molecule has 0 bridgehead atoms. The third kappa shape index (κ3) is 2.10. The maximum Gasteiger partial charge on any atom is 0.341 e. The van der Waals surface area contributed by atoms with Crippen molar-refractivity contribution in [1.29, 1.82) is 0 Å². The summed E-state index contributed by atoms with van der Waals surface area (Å²) in [6.45, 7) is 3.56. The van der Waals surface area contributed by atoms with Crippen molar-refractivity contribution >= 4 is 11.0 Å². The monoisotopic (exact) mass is 273 g/mol. The van der Waals surface area contributed by atoms with Gasteiger partial charge in [0.2, 0.25) is 0 Å². The molecule has 1 aliphatic heterocycles. The minimum atomic E-state index is -0.271. The van der Waals surface area contributed by atoms with Crippen LogP contribution in [-0.2, 0) is 19.4 Å². The van der Waals surface area contributed by atoms with E-state index in [-0.39, 0.29) is 11.4 Å². The SMILES string of the molecule is CCCc1cc(O)c2c3c(c(=O)oc2c1)CN(C)CC3. The maximum atomic E-state index is 12.1. The van der Waals surface area contributed by atoms with Crippen molar-refractivity contribution in [3.63, 3.8) is 0 Å². The summed E-state index contributed by atoms with van der Waals surface area (Å²) >= 11 is 0. The molecule has 4 heteroatoms. The van der Waals surface area contributed by atoms with Gasteiger partial charge in [0.15, 0.2) is 0 Å². The fourth-order valence-electron chi connectivity index (χ4n) is 3.00. The molecule has 3 rings (SSSR count). The van der Waals surface area contributed by atoms with Gasteiger partial charge in [0.25, 0.3) is 0 Å². The second-order valence-electron chi connectivity index (χ2n) is 5.57. The van der Waals surface area contributed by atoms with E-state index >= 15 is 0 Å². The normalized spacial score (nSPS) is 15.5. The first kappa shape index (κ1) is 13.2. The maximum absolute atomic E-state index is 12.1. The minimum absolute atomic E-state index is 0.232. The van der Waals surface area contributed by atoms with Gasteiger partial charge in [-0.25, -0.2) is 4.79 Å². The molecule has 0 unspecified atom stereocenters. The fraction of sp³-hybridized carbons (Fsp3) is 0.438. The van der Waals surface area contributed by atoms with Crippen LogP contribution in [0.1, 0.15) is 30.0 Å². The molecule has 106 valence electrons. The molecule has 2 heterocycles. The van der Waals surface area contributed by atoms with Crippen molar-refractivity contribution in [1.82, 2.24) is 4.90 Å². The van der Waals surface area contributed by atoms with Crippen molar-refractivity contribution in [2.24, 2.45) is 0 Å². The Kier molecular flexibility index (Phi) is 3.26. The van der Waals surface area contributed by atoms with Crippen molar-refractivity contribution < 1.29 is 9.52 Å². The van der Waals surface area contributed by atoms with Gasteiger partial charge in [0, 0.05) is 13.1 Å².